The molecule has 2 aromatic carbocycles. The van der Waals surface area contributed by atoms with Crippen LogP contribution in [0.5, 0.6) is 5.75 Å². The Morgan fingerprint density at radius 3 is 2.57 bits per heavy atom. The summed E-state index contributed by atoms with van der Waals surface area (Å²) in [6.07, 6.45) is 0. The molecule has 3 aromatic rings. The van der Waals surface area contributed by atoms with E-state index in [2.05, 4.69) is 35.7 Å². The van der Waals surface area contributed by atoms with Crippen LogP contribution in [0.25, 0.3) is 10.2 Å². The standard InChI is InChI=1S/C17H17N3O2S/c1-10-4-9-14-15(11(10)2)18-17(23-14)20-19-16(21)12-5-7-13(22-3)8-6-12/h4-9H,1-3H3,(H,18,20)(H,19,21). The first-order valence-corrected chi connectivity index (χ1v) is 7.97. The van der Waals surface area contributed by atoms with Crippen LogP contribution in [0.3, 0.4) is 0 Å². The van der Waals surface area contributed by atoms with Crippen molar-refractivity contribution >= 4 is 32.6 Å². The maximum atomic E-state index is 12.1. The Morgan fingerprint density at radius 2 is 1.87 bits per heavy atom. The van der Waals surface area contributed by atoms with Gasteiger partial charge in [-0.3, -0.25) is 15.6 Å². The molecule has 0 atom stereocenters. The summed E-state index contributed by atoms with van der Waals surface area (Å²) in [6, 6.07) is 11.0. The molecule has 0 fully saturated rings. The molecule has 0 saturated carbocycles. The fourth-order valence-electron chi connectivity index (χ4n) is 2.20. The van der Waals surface area contributed by atoms with E-state index in [9.17, 15) is 4.79 Å². The lowest BCUT2D eigenvalue weighted by Gasteiger charge is -2.06. The molecule has 3 rings (SSSR count). The van der Waals surface area contributed by atoms with Crippen LogP contribution in [0.2, 0.25) is 0 Å². The first-order chi connectivity index (χ1) is 11.1. The number of fused-ring (bicyclic) bond motifs is 1. The summed E-state index contributed by atoms with van der Waals surface area (Å²) in [5.74, 6) is 0.492. The van der Waals surface area contributed by atoms with Crippen LogP contribution in [-0.2, 0) is 0 Å². The number of carbonyl (C=O) groups is 1. The van der Waals surface area contributed by atoms with Gasteiger partial charge in [-0.25, -0.2) is 4.98 Å². The van der Waals surface area contributed by atoms with Crippen molar-refractivity contribution < 1.29 is 9.53 Å². The minimum atomic E-state index is -0.222. The van der Waals surface area contributed by atoms with Gasteiger partial charge in [0.2, 0.25) is 5.13 Å². The number of benzene rings is 2. The molecule has 5 nitrogen and oxygen atoms in total. The Hall–Kier alpha value is -2.60. The van der Waals surface area contributed by atoms with Crippen LogP contribution in [0, 0.1) is 13.8 Å². The zero-order valence-corrected chi connectivity index (χ0v) is 14.0. The minimum absolute atomic E-state index is 0.222. The maximum absolute atomic E-state index is 12.1. The molecule has 0 spiro atoms. The molecule has 6 heteroatoms. The number of thiazole rings is 1. The van der Waals surface area contributed by atoms with Gasteiger partial charge >= 0.3 is 0 Å². The summed E-state index contributed by atoms with van der Waals surface area (Å²) in [4.78, 5) is 16.7. The van der Waals surface area contributed by atoms with Crippen LogP contribution >= 0.6 is 11.3 Å². The Labute approximate surface area is 138 Å². The number of hydrogen-bond acceptors (Lipinski definition) is 5. The number of amides is 1. The van der Waals surface area contributed by atoms with Crippen LogP contribution in [-0.4, -0.2) is 18.0 Å². The van der Waals surface area contributed by atoms with Crippen molar-refractivity contribution in [3.05, 3.63) is 53.1 Å². The molecule has 1 amide bonds. The zero-order valence-electron chi connectivity index (χ0n) is 13.1. The van der Waals surface area contributed by atoms with Crippen molar-refractivity contribution in [1.82, 2.24) is 10.4 Å². The average molecular weight is 327 g/mol. The fraction of sp³-hybridized carbons (Fsp3) is 0.176. The Balaban J connectivity index is 1.72. The number of rotatable bonds is 4. The highest BCUT2D eigenvalue weighted by Gasteiger charge is 2.09. The fourth-order valence-corrected chi connectivity index (χ4v) is 3.08. The van der Waals surface area contributed by atoms with Gasteiger partial charge in [0.05, 0.1) is 17.3 Å². The van der Waals surface area contributed by atoms with Gasteiger partial charge < -0.3 is 4.74 Å². The molecular weight excluding hydrogens is 310 g/mol. The van der Waals surface area contributed by atoms with E-state index in [-0.39, 0.29) is 5.91 Å². The predicted molar refractivity (Wildman–Crippen MR) is 93.2 cm³/mol. The van der Waals surface area contributed by atoms with Gasteiger partial charge in [-0.1, -0.05) is 17.4 Å². The molecule has 1 heterocycles. The van der Waals surface area contributed by atoms with Gasteiger partial charge in [-0.2, -0.15) is 0 Å². The number of aryl methyl sites for hydroxylation is 2. The largest absolute Gasteiger partial charge is 0.497 e. The average Bonchev–Trinajstić information content (AvgIpc) is 3.00. The van der Waals surface area contributed by atoms with Crippen LogP contribution in [0.4, 0.5) is 5.13 Å². The van der Waals surface area contributed by atoms with Crippen LogP contribution in [0.15, 0.2) is 36.4 Å². The Bertz CT molecular complexity index is 856. The van der Waals surface area contributed by atoms with Crippen LogP contribution < -0.4 is 15.6 Å². The molecule has 1 aromatic heterocycles. The lowest BCUT2D eigenvalue weighted by Crippen LogP contribution is -2.29. The number of aromatic nitrogens is 1. The quantitative estimate of drug-likeness (QED) is 0.718. The Morgan fingerprint density at radius 1 is 1.13 bits per heavy atom. The monoisotopic (exact) mass is 327 g/mol. The smallest absolute Gasteiger partial charge is 0.269 e. The van der Waals surface area contributed by atoms with E-state index in [0.29, 0.717) is 16.4 Å². The number of carbonyl (C=O) groups excluding carboxylic acids is 1. The van der Waals surface area contributed by atoms with Crippen molar-refractivity contribution in [3.63, 3.8) is 0 Å². The lowest BCUT2D eigenvalue weighted by molar-refractivity contribution is 0.0962. The van der Waals surface area contributed by atoms with Gasteiger partial charge in [0.25, 0.3) is 5.91 Å². The summed E-state index contributed by atoms with van der Waals surface area (Å²) in [5, 5.41) is 0.663. The van der Waals surface area contributed by atoms with E-state index >= 15 is 0 Å². The summed E-state index contributed by atoms with van der Waals surface area (Å²) < 4.78 is 6.17. The van der Waals surface area contributed by atoms with Gasteiger partial charge in [0.1, 0.15) is 5.75 Å². The number of nitrogens with zero attached hydrogens (tertiary/aromatic N) is 1. The van der Waals surface area contributed by atoms with Crippen molar-refractivity contribution in [3.8, 4) is 5.75 Å². The maximum Gasteiger partial charge on any atom is 0.269 e. The summed E-state index contributed by atoms with van der Waals surface area (Å²) in [6.45, 7) is 4.11. The van der Waals surface area contributed by atoms with Crippen molar-refractivity contribution in [1.29, 1.82) is 0 Å². The lowest BCUT2D eigenvalue weighted by atomic mass is 10.1. The van der Waals surface area contributed by atoms with E-state index in [1.807, 2.05) is 6.07 Å². The number of anilines is 1. The molecule has 2 N–H and O–H groups in total. The number of hydrazine groups is 1. The zero-order chi connectivity index (χ0) is 16.4. The third-order valence-corrected chi connectivity index (χ3v) is 4.66. The number of methoxy groups -OCH3 is 1. The summed E-state index contributed by atoms with van der Waals surface area (Å²) in [5.41, 5.74) is 9.43. The molecule has 0 aliphatic heterocycles. The van der Waals surface area contributed by atoms with Gasteiger partial charge in [-0.15, -0.1) is 0 Å². The van der Waals surface area contributed by atoms with E-state index in [1.54, 1.807) is 31.4 Å². The normalized spacial score (nSPS) is 10.6. The minimum Gasteiger partial charge on any atom is -0.497 e. The number of ether oxygens (including phenoxy) is 1. The third-order valence-electron chi connectivity index (χ3n) is 3.72. The molecule has 0 saturated heterocycles. The van der Waals surface area contributed by atoms with E-state index < -0.39 is 0 Å². The molecule has 0 aliphatic carbocycles. The molecule has 0 aliphatic rings. The molecule has 0 unspecified atom stereocenters. The highest BCUT2D eigenvalue weighted by atomic mass is 32.1. The van der Waals surface area contributed by atoms with E-state index in [4.69, 9.17) is 4.74 Å². The number of nitrogens with one attached hydrogen (secondary N) is 2. The third kappa shape index (κ3) is 3.12. The second kappa shape index (κ2) is 6.26. The first-order valence-electron chi connectivity index (χ1n) is 7.15. The highest BCUT2D eigenvalue weighted by molar-refractivity contribution is 7.22. The SMILES string of the molecule is COc1ccc(C(=O)NNc2nc3c(C)c(C)ccc3s2)cc1. The van der Waals surface area contributed by atoms with E-state index in [0.717, 1.165) is 15.8 Å². The molecule has 0 radical (unpaired) electrons. The number of hydrogen-bond donors (Lipinski definition) is 2. The Kier molecular flexibility index (Phi) is 4.16. The van der Waals surface area contributed by atoms with Gasteiger partial charge in [-0.05, 0) is 55.3 Å². The molecule has 118 valence electrons. The van der Waals surface area contributed by atoms with Crippen molar-refractivity contribution in [2.45, 2.75) is 13.8 Å². The van der Waals surface area contributed by atoms with Gasteiger partial charge in [0.15, 0.2) is 0 Å². The second-order valence-electron chi connectivity index (χ2n) is 5.18. The van der Waals surface area contributed by atoms with Crippen molar-refractivity contribution in [2.24, 2.45) is 0 Å². The first kappa shape index (κ1) is 15.3. The second-order valence-corrected chi connectivity index (χ2v) is 6.21. The van der Waals surface area contributed by atoms with Crippen molar-refractivity contribution in [2.75, 3.05) is 12.5 Å². The van der Waals surface area contributed by atoms with Crippen LogP contribution in [0.1, 0.15) is 21.5 Å². The summed E-state index contributed by atoms with van der Waals surface area (Å²) >= 11 is 1.51. The van der Waals surface area contributed by atoms with E-state index in [1.165, 1.54) is 16.9 Å². The molecule has 0 bridgehead atoms. The summed E-state index contributed by atoms with van der Waals surface area (Å²) in [7, 11) is 1.59. The predicted octanol–water partition coefficient (Wildman–Crippen LogP) is 3.68. The topological polar surface area (TPSA) is 63.2 Å². The molecule has 23 heavy (non-hydrogen) atoms. The molecular formula is C17H17N3O2S. The highest BCUT2D eigenvalue weighted by Crippen LogP contribution is 2.29. The van der Waals surface area contributed by atoms with Gasteiger partial charge in [0, 0.05) is 5.56 Å².